The van der Waals surface area contributed by atoms with Crippen LogP contribution in [-0.4, -0.2) is 14.7 Å². The average molecular weight is 242 g/mol. The molecule has 1 aromatic rings. The molecule has 0 saturated carbocycles. The van der Waals surface area contributed by atoms with Crippen LogP contribution in [0.2, 0.25) is 0 Å². The summed E-state index contributed by atoms with van der Waals surface area (Å²) in [6.07, 6.45) is 1.05. The SMILES string of the molecule is Cc1cc(C(C)(C)C)ccc1OS(C)(=O)=O. The Kier molecular flexibility index (Phi) is 3.33. The minimum atomic E-state index is -3.45. The van der Waals surface area contributed by atoms with Gasteiger partial charge >= 0.3 is 10.1 Å². The highest BCUT2D eigenvalue weighted by Gasteiger charge is 2.15. The standard InChI is InChI=1S/C12H18O3S/c1-9-8-10(12(2,3)4)6-7-11(9)15-16(5,13)14/h6-8H,1-5H3. The maximum Gasteiger partial charge on any atom is 0.306 e. The molecule has 0 atom stereocenters. The first kappa shape index (κ1) is 13.0. The second kappa shape index (κ2) is 4.09. The number of rotatable bonds is 2. The molecule has 0 radical (unpaired) electrons. The van der Waals surface area contributed by atoms with Gasteiger partial charge in [0.1, 0.15) is 5.75 Å². The Morgan fingerprint density at radius 1 is 1.19 bits per heavy atom. The van der Waals surface area contributed by atoms with Crippen molar-refractivity contribution in [1.82, 2.24) is 0 Å². The van der Waals surface area contributed by atoms with Gasteiger partial charge in [-0.25, -0.2) is 0 Å². The van der Waals surface area contributed by atoms with Gasteiger partial charge in [0.05, 0.1) is 6.26 Å². The van der Waals surface area contributed by atoms with Crippen LogP contribution in [0.5, 0.6) is 5.75 Å². The molecule has 4 heteroatoms. The van der Waals surface area contributed by atoms with Crippen molar-refractivity contribution in [3.8, 4) is 5.75 Å². The normalized spacial score (nSPS) is 12.6. The predicted molar refractivity (Wildman–Crippen MR) is 65.4 cm³/mol. The molecule has 1 aromatic carbocycles. The van der Waals surface area contributed by atoms with Gasteiger partial charge in [-0.15, -0.1) is 0 Å². The van der Waals surface area contributed by atoms with E-state index in [1.165, 1.54) is 0 Å². The second-order valence-electron chi connectivity index (χ2n) is 5.02. The summed E-state index contributed by atoms with van der Waals surface area (Å²) in [5, 5.41) is 0. The Hall–Kier alpha value is -1.03. The number of aryl methyl sites for hydroxylation is 1. The Morgan fingerprint density at radius 2 is 1.75 bits per heavy atom. The maximum absolute atomic E-state index is 11.0. The number of hydrogen-bond donors (Lipinski definition) is 0. The van der Waals surface area contributed by atoms with Crippen molar-refractivity contribution in [1.29, 1.82) is 0 Å². The van der Waals surface area contributed by atoms with Crippen LogP contribution in [0.15, 0.2) is 18.2 Å². The summed E-state index contributed by atoms with van der Waals surface area (Å²) < 4.78 is 26.9. The first-order valence-corrected chi connectivity index (χ1v) is 6.92. The van der Waals surface area contributed by atoms with Crippen LogP contribution in [0.1, 0.15) is 31.9 Å². The summed E-state index contributed by atoms with van der Waals surface area (Å²) in [7, 11) is -3.45. The van der Waals surface area contributed by atoms with Gasteiger partial charge in [-0.1, -0.05) is 32.9 Å². The Balaban J connectivity index is 3.11. The van der Waals surface area contributed by atoms with Gasteiger partial charge in [-0.05, 0) is 29.5 Å². The summed E-state index contributed by atoms with van der Waals surface area (Å²) >= 11 is 0. The molecule has 90 valence electrons. The molecule has 0 aliphatic heterocycles. The molecule has 1 rings (SSSR count). The Morgan fingerprint density at radius 3 is 2.12 bits per heavy atom. The lowest BCUT2D eigenvalue weighted by molar-refractivity contribution is 0.490. The molecule has 0 amide bonds. The number of benzene rings is 1. The van der Waals surface area contributed by atoms with Gasteiger partial charge < -0.3 is 4.18 Å². The highest BCUT2D eigenvalue weighted by molar-refractivity contribution is 7.86. The van der Waals surface area contributed by atoms with Gasteiger partial charge in [-0.2, -0.15) is 8.42 Å². The van der Waals surface area contributed by atoms with E-state index in [1.807, 2.05) is 19.1 Å². The van der Waals surface area contributed by atoms with E-state index in [-0.39, 0.29) is 5.41 Å². The van der Waals surface area contributed by atoms with E-state index in [1.54, 1.807) is 6.07 Å². The maximum atomic E-state index is 11.0. The molecule has 16 heavy (non-hydrogen) atoms. The third-order valence-electron chi connectivity index (χ3n) is 2.28. The van der Waals surface area contributed by atoms with Crippen LogP contribution in [0.4, 0.5) is 0 Å². The molecule has 0 heterocycles. The first-order chi connectivity index (χ1) is 7.09. The summed E-state index contributed by atoms with van der Waals surface area (Å²) in [6, 6.07) is 5.56. The van der Waals surface area contributed by atoms with E-state index in [4.69, 9.17) is 4.18 Å². The van der Waals surface area contributed by atoms with E-state index in [0.717, 1.165) is 17.4 Å². The lowest BCUT2D eigenvalue weighted by Crippen LogP contribution is -2.12. The molecule has 0 fully saturated rings. The largest absolute Gasteiger partial charge is 0.382 e. The van der Waals surface area contributed by atoms with Crippen LogP contribution in [0, 0.1) is 6.92 Å². The minimum absolute atomic E-state index is 0.0500. The lowest BCUT2D eigenvalue weighted by Gasteiger charge is -2.20. The molecule has 0 aliphatic rings. The zero-order valence-electron chi connectivity index (χ0n) is 10.4. The quantitative estimate of drug-likeness (QED) is 0.749. The highest BCUT2D eigenvalue weighted by Crippen LogP contribution is 2.27. The van der Waals surface area contributed by atoms with Crippen molar-refractivity contribution >= 4 is 10.1 Å². The molecular formula is C12H18O3S. The molecule has 0 unspecified atom stereocenters. The monoisotopic (exact) mass is 242 g/mol. The van der Waals surface area contributed by atoms with Gasteiger partial charge in [0.15, 0.2) is 0 Å². The second-order valence-corrected chi connectivity index (χ2v) is 6.59. The molecule has 0 bridgehead atoms. The lowest BCUT2D eigenvalue weighted by atomic mass is 9.86. The van der Waals surface area contributed by atoms with Crippen LogP contribution in [-0.2, 0) is 15.5 Å². The summed E-state index contributed by atoms with van der Waals surface area (Å²) in [6.45, 7) is 8.17. The van der Waals surface area contributed by atoms with Crippen molar-refractivity contribution in [2.24, 2.45) is 0 Å². The average Bonchev–Trinajstić information content (AvgIpc) is 2.04. The molecule has 0 N–H and O–H groups in total. The van der Waals surface area contributed by atoms with Gasteiger partial charge in [0.2, 0.25) is 0 Å². The molecule has 0 saturated heterocycles. The zero-order valence-corrected chi connectivity index (χ0v) is 11.2. The summed E-state index contributed by atoms with van der Waals surface area (Å²) in [5.74, 6) is 0.399. The molecule has 0 spiro atoms. The van der Waals surface area contributed by atoms with E-state index in [2.05, 4.69) is 20.8 Å². The van der Waals surface area contributed by atoms with Crippen molar-refractivity contribution in [2.75, 3.05) is 6.26 Å². The van der Waals surface area contributed by atoms with E-state index in [0.29, 0.717) is 5.75 Å². The minimum Gasteiger partial charge on any atom is -0.382 e. The first-order valence-electron chi connectivity index (χ1n) is 5.10. The van der Waals surface area contributed by atoms with E-state index >= 15 is 0 Å². The molecular weight excluding hydrogens is 224 g/mol. The fourth-order valence-corrected chi connectivity index (χ4v) is 1.89. The fraction of sp³-hybridized carbons (Fsp3) is 0.500. The van der Waals surface area contributed by atoms with E-state index in [9.17, 15) is 8.42 Å². The Labute approximate surface area is 97.6 Å². The number of hydrogen-bond acceptors (Lipinski definition) is 3. The predicted octanol–water partition coefficient (Wildman–Crippen LogP) is 2.63. The molecule has 0 aliphatic carbocycles. The van der Waals surface area contributed by atoms with Crippen LogP contribution < -0.4 is 4.18 Å². The highest BCUT2D eigenvalue weighted by atomic mass is 32.2. The smallest absolute Gasteiger partial charge is 0.306 e. The van der Waals surface area contributed by atoms with Crippen molar-refractivity contribution in [3.05, 3.63) is 29.3 Å². The van der Waals surface area contributed by atoms with Gasteiger partial charge in [0.25, 0.3) is 0 Å². The van der Waals surface area contributed by atoms with Crippen LogP contribution in [0.3, 0.4) is 0 Å². The molecule has 3 nitrogen and oxygen atoms in total. The summed E-state index contributed by atoms with van der Waals surface area (Å²) in [5.41, 5.74) is 2.04. The third-order valence-corrected chi connectivity index (χ3v) is 2.76. The van der Waals surface area contributed by atoms with Crippen molar-refractivity contribution < 1.29 is 12.6 Å². The molecule has 0 aromatic heterocycles. The Bertz CT molecular complexity index is 481. The van der Waals surface area contributed by atoms with E-state index < -0.39 is 10.1 Å². The van der Waals surface area contributed by atoms with Crippen molar-refractivity contribution in [3.63, 3.8) is 0 Å². The van der Waals surface area contributed by atoms with Crippen LogP contribution in [0.25, 0.3) is 0 Å². The van der Waals surface area contributed by atoms with Gasteiger partial charge in [-0.3, -0.25) is 0 Å². The summed E-state index contributed by atoms with van der Waals surface area (Å²) in [4.78, 5) is 0. The van der Waals surface area contributed by atoms with Gasteiger partial charge in [0, 0.05) is 0 Å². The fourth-order valence-electron chi connectivity index (χ4n) is 1.37. The topological polar surface area (TPSA) is 43.4 Å². The van der Waals surface area contributed by atoms with Crippen LogP contribution >= 0.6 is 0 Å². The third kappa shape index (κ3) is 3.52. The zero-order chi connectivity index (χ0) is 12.6. The van der Waals surface area contributed by atoms with Crippen molar-refractivity contribution in [2.45, 2.75) is 33.1 Å².